The van der Waals surface area contributed by atoms with Crippen LogP contribution in [0.1, 0.15) is 13.8 Å². The maximum Gasteiger partial charge on any atom is 0.315 e. The normalized spacial score (nSPS) is 11.4. The maximum atomic E-state index is 11.6. The smallest absolute Gasteiger partial charge is 0.315 e. The minimum Gasteiger partial charge on any atom is -0.459 e. The van der Waals surface area contributed by atoms with Crippen LogP contribution in [0.2, 0.25) is 0 Å². The van der Waals surface area contributed by atoms with Gasteiger partial charge in [0.25, 0.3) is 6.43 Å². The van der Waals surface area contributed by atoms with Gasteiger partial charge in [-0.2, -0.15) is 0 Å². The van der Waals surface area contributed by atoms with Gasteiger partial charge in [-0.15, -0.1) is 6.58 Å². The molecule has 2 nitrogen and oxygen atoms in total. The highest BCUT2D eigenvalue weighted by Crippen LogP contribution is 2.18. The van der Waals surface area contributed by atoms with E-state index in [2.05, 4.69) is 11.3 Å². The molecular formula is C8H12F2O2. The van der Waals surface area contributed by atoms with E-state index in [9.17, 15) is 13.6 Å². The first kappa shape index (κ1) is 11.1. The molecule has 0 aliphatic carbocycles. The summed E-state index contributed by atoms with van der Waals surface area (Å²) in [4.78, 5) is 11.0. The molecule has 0 atom stereocenters. The van der Waals surface area contributed by atoms with E-state index in [0.29, 0.717) is 0 Å². The van der Waals surface area contributed by atoms with Gasteiger partial charge < -0.3 is 4.74 Å². The summed E-state index contributed by atoms with van der Waals surface area (Å²) in [6.07, 6.45) is -1.25. The molecule has 0 rings (SSSR count). The van der Waals surface area contributed by atoms with Crippen LogP contribution in [0.4, 0.5) is 8.78 Å². The SMILES string of the molecule is C=CC(C)(C)C(=O)OCC(F)F. The number of carbonyl (C=O) groups excluding carboxylic acids is 1. The van der Waals surface area contributed by atoms with E-state index in [4.69, 9.17) is 0 Å². The molecule has 12 heavy (non-hydrogen) atoms. The zero-order valence-electron chi connectivity index (χ0n) is 7.14. The molecule has 0 unspecified atom stereocenters. The zero-order valence-corrected chi connectivity index (χ0v) is 7.14. The second-order valence-corrected chi connectivity index (χ2v) is 2.92. The monoisotopic (exact) mass is 178 g/mol. The summed E-state index contributed by atoms with van der Waals surface area (Å²) in [7, 11) is 0. The first-order valence-corrected chi connectivity index (χ1v) is 3.49. The molecule has 0 saturated carbocycles. The van der Waals surface area contributed by atoms with Crippen molar-refractivity contribution in [2.24, 2.45) is 5.41 Å². The predicted molar refractivity (Wildman–Crippen MR) is 40.9 cm³/mol. The fourth-order valence-electron chi connectivity index (χ4n) is 0.408. The topological polar surface area (TPSA) is 26.3 Å². The third kappa shape index (κ3) is 3.46. The van der Waals surface area contributed by atoms with Crippen LogP contribution in [0, 0.1) is 5.41 Å². The molecule has 0 aromatic rings. The molecule has 0 amide bonds. The lowest BCUT2D eigenvalue weighted by Gasteiger charge is -2.17. The lowest BCUT2D eigenvalue weighted by atomic mass is 9.94. The second-order valence-electron chi connectivity index (χ2n) is 2.92. The van der Waals surface area contributed by atoms with Crippen molar-refractivity contribution < 1.29 is 18.3 Å². The number of hydrogen-bond donors (Lipinski definition) is 0. The summed E-state index contributed by atoms with van der Waals surface area (Å²) >= 11 is 0. The Morgan fingerprint density at radius 3 is 2.50 bits per heavy atom. The lowest BCUT2D eigenvalue weighted by molar-refractivity contribution is -0.155. The van der Waals surface area contributed by atoms with Gasteiger partial charge in [0.2, 0.25) is 0 Å². The number of esters is 1. The Morgan fingerprint density at radius 1 is 1.67 bits per heavy atom. The van der Waals surface area contributed by atoms with Crippen LogP contribution in [0.5, 0.6) is 0 Å². The van der Waals surface area contributed by atoms with Crippen LogP contribution < -0.4 is 0 Å². The van der Waals surface area contributed by atoms with E-state index in [1.165, 1.54) is 6.08 Å². The van der Waals surface area contributed by atoms with Crippen LogP contribution in [0.3, 0.4) is 0 Å². The van der Waals surface area contributed by atoms with E-state index in [0.717, 1.165) is 0 Å². The molecule has 0 radical (unpaired) electrons. The summed E-state index contributed by atoms with van der Waals surface area (Å²) in [5, 5.41) is 0. The Labute approximate surface area is 70.2 Å². The third-order valence-corrected chi connectivity index (χ3v) is 1.38. The summed E-state index contributed by atoms with van der Waals surface area (Å²) < 4.78 is 27.5. The number of halogens is 2. The van der Waals surface area contributed by atoms with Crippen molar-refractivity contribution in [3.8, 4) is 0 Å². The number of alkyl halides is 2. The number of ether oxygens (including phenoxy) is 1. The van der Waals surface area contributed by atoms with Crippen LogP contribution >= 0.6 is 0 Å². The van der Waals surface area contributed by atoms with Gasteiger partial charge in [-0.05, 0) is 13.8 Å². The average molecular weight is 178 g/mol. The highest BCUT2D eigenvalue weighted by molar-refractivity contribution is 5.77. The molecule has 0 saturated heterocycles. The van der Waals surface area contributed by atoms with E-state index < -0.39 is 24.4 Å². The number of hydrogen-bond acceptors (Lipinski definition) is 2. The fourth-order valence-corrected chi connectivity index (χ4v) is 0.408. The van der Waals surface area contributed by atoms with Gasteiger partial charge >= 0.3 is 5.97 Å². The molecule has 0 aliphatic rings. The van der Waals surface area contributed by atoms with Gasteiger partial charge in [0.05, 0.1) is 5.41 Å². The molecule has 70 valence electrons. The van der Waals surface area contributed by atoms with E-state index in [-0.39, 0.29) is 0 Å². The van der Waals surface area contributed by atoms with Gasteiger partial charge in [-0.3, -0.25) is 4.79 Å². The van der Waals surface area contributed by atoms with Crippen LogP contribution in [0.15, 0.2) is 12.7 Å². The number of carbonyl (C=O) groups is 1. The van der Waals surface area contributed by atoms with Gasteiger partial charge in [0.15, 0.2) is 6.61 Å². The van der Waals surface area contributed by atoms with E-state index in [1.54, 1.807) is 13.8 Å². The van der Waals surface area contributed by atoms with E-state index >= 15 is 0 Å². The average Bonchev–Trinajstić information content (AvgIpc) is 2.00. The first-order chi connectivity index (χ1) is 5.40. The first-order valence-electron chi connectivity index (χ1n) is 3.49. The summed E-state index contributed by atoms with van der Waals surface area (Å²) in [5.74, 6) is -0.683. The van der Waals surface area contributed by atoms with Gasteiger partial charge in [0, 0.05) is 0 Å². The van der Waals surface area contributed by atoms with Crippen molar-refractivity contribution in [3.63, 3.8) is 0 Å². The van der Waals surface area contributed by atoms with Crippen molar-refractivity contribution in [3.05, 3.63) is 12.7 Å². The minimum atomic E-state index is -2.62. The summed E-state index contributed by atoms with van der Waals surface area (Å²) in [6.45, 7) is 5.64. The maximum absolute atomic E-state index is 11.6. The Hall–Kier alpha value is -0.930. The Bertz CT molecular complexity index is 176. The number of rotatable bonds is 4. The molecule has 0 heterocycles. The van der Waals surface area contributed by atoms with Crippen molar-refractivity contribution in [2.75, 3.05) is 6.61 Å². The summed E-state index contributed by atoms with van der Waals surface area (Å²) in [6, 6.07) is 0. The molecule has 0 spiro atoms. The zero-order chi connectivity index (χ0) is 9.78. The molecule has 0 fully saturated rings. The molecule has 4 heteroatoms. The largest absolute Gasteiger partial charge is 0.459 e. The summed E-state index contributed by atoms with van der Waals surface area (Å²) in [5.41, 5.74) is -0.894. The molecule has 0 aliphatic heterocycles. The van der Waals surface area contributed by atoms with E-state index in [1.807, 2.05) is 0 Å². The fraction of sp³-hybridized carbons (Fsp3) is 0.625. The predicted octanol–water partition coefficient (Wildman–Crippen LogP) is 2.01. The molecule has 0 N–H and O–H groups in total. The van der Waals surface area contributed by atoms with Crippen molar-refractivity contribution in [1.29, 1.82) is 0 Å². The Kier molecular flexibility index (Phi) is 3.86. The minimum absolute atomic E-state index is 0.683. The standard InChI is InChI=1S/C8H12F2O2/c1-4-8(2,3)7(11)12-5-6(9)10/h4,6H,1,5H2,2-3H3. The Balaban J connectivity index is 3.96. The van der Waals surface area contributed by atoms with Crippen molar-refractivity contribution in [1.82, 2.24) is 0 Å². The lowest BCUT2D eigenvalue weighted by Crippen LogP contribution is -2.26. The van der Waals surface area contributed by atoms with Crippen molar-refractivity contribution >= 4 is 5.97 Å². The van der Waals surface area contributed by atoms with Crippen LogP contribution in [-0.2, 0) is 9.53 Å². The van der Waals surface area contributed by atoms with Gasteiger partial charge in [-0.25, -0.2) is 8.78 Å². The van der Waals surface area contributed by atoms with Gasteiger partial charge in [0.1, 0.15) is 0 Å². The molecule has 0 aromatic heterocycles. The third-order valence-electron chi connectivity index (χ3n) is 1.38. The highest BCUT2D eigenvalue weighted by atomic mass is 19.3. The highest BCUT2D eigenvalue weighted by Gasteiger charge is 2.26. The molecule has 0 aromatic carbocycles. The molecule has 0 bridgehead atoms. The van der Waals surface area contributed by atoms with Gasteiger partial charge in [-0.1, -0.05) is 6.08 Å². The second kappa shape index (κ2) is 4.18. The van der Waals surface area contributed by atoms with Crippen LogP contribution in [-0.4, -0.2) is 19.0 Å². The molecular weight excluding hydrogens is 166 g/mol. The van der Waals surface area contributed by atoms with Crippen molar-refractivity contribution in [2.45, 2.75) is 20.3 Å². The Morgan fingerprint density at radius 2 is 2.17 bits per heavy atom. The van der Waals surface area contributed by atoms with Crippen LogP contribution in [0.25, 0.3) is 0 Å². The quantitative estimate of drug-likeness (QED) is 0.486.